The average Bonchev–Trinajstić information content (AvgIpc) is 3.54. The van der Waals surface area contributed by atoms with E-state index in [9.17, 15) is 4.79 Å². The molecule has 0 unspecified atom stereocenters. The van der Waals surface area contributed by atoms with E-state index in [4.69, 9.17) is 18.1 Å². The second-order valence-corrected chi connectivity index (χ2v) is 7.32. The van der Waals surface area contributed by atoms with Crippen LogP contribution in [0.2, 0.25) is 0 Å². The van der Waals surface area contributed by atoms with Gasteiger partial charge in [0.25, 0.3) is 11.8 Å². The van der Waals surface area contributed by atoms with Crippen molar-refractivity contribution in [3.05, 3.63) is 71.1 Å². The van der Waals surface area contributed by atoms with Gasteiger partial charge < -0.3 is 23.0 Å². The summed E-state index contributed by atoms with van der Waals surface area (Å²) in [5.41, 5.74) is 2.20. The molecule has 32 heavy (non-hydrogen) atoms. The predicted octanol–water partition coefficient (Wildman–Crippen LogP) is 4.57. The van der Waals surface area contributed by atoms with Gasteiger partial charge in [-0.3, -0.25) is 4.79 Å². The van der Waals surface area contributed by atoms with Crippen LogP contribution in [0.1, 0.15) is 46.6 Å². The van der Waals surface area contributed by atoms with Crippen LogP contribution in [0.4, 0.5) is 0 Å². The summed E-state index contributed by atoms with van der Waals surface area (Å²) < 4.78 is 22.0. The lowest BCUT2D eigenvalue weighted by atomic mass is 10.1. The Morgan fingerprint density at radius 1 is 1.16 bits per heavy atom. The van der Waals surface area contributed by atoms with E-state index in [0.717, 1.165) is 23.4 Å². The Labute approximate surface area is 185 Å². The third-order valence-corrected chi connectivity index (χ3v) is 4.95. The first-order chi connectivity index (χ1) is 15.5. The van der Waals surface area contributed by atoms with Crippen molar-refractivity contribution < 1.29 is 22.9 Å². The van der Waals surface area contributed by atoms with Crippen LogP contribution in [0.3, 0.4) is 0 Å². The van der Waals surface area contributed by atoms with Crippen molar-refractivity contribution in [1.82, 2.24) is 20.3 Å². The van der Waals surface area contributed by atoms with Gasteiger partial charge in [-0.25, -0.2) is 0 Å². The maximum absolute atomic E-state index is 13.2. The van der Waals surface area contributed by atoms with Gasteiger partial charge in [-0.2, -0.15) is 0 Å². The lowest BCUT2D eigenvalue weighted by Gasteiger charge is -2.20. The summed E-state index contributed by atoms with van der Waals surface area (Å²) in [6, 6.07) is 10.6. The van der Waals surface area contributed by atoms with Gasteiger partial charge in [0.05, 0.1) is 24.1 Å². The minimum atomic E-state index is -0.146. The summed E-state index contributed by atoms with van der Waals surface area (Å²) in [6.45, 7) is 6.77. The SMILES string of the molecule is CCCN(Cc1nnc(-c2ccco2)o1)C(=O)c1cccc(OCc2c(C)noc2C)c1. The van der Waals surface area contributed by atoms with Crippen LogP contribution < -0.4 is 4.74 Å². The molecule has 0 saturated heterocycles. The topological polar surface area (TPSA) is 108 Å². The highest BCUT2D eigenvalue weighted by Crippen LogP contribution is 2.21. The second-order valence-electron chi connectivity index (χ2n) is 7.32. The number of hydrogen-bond acceptors (Lipinski definition) is 8. The number of benzene rings is 1. The number of ether oxygens (including phenoxy) is 1. The molecule has 3 aromatic heterocycles. The highest BCUT2D eigenvalue weighted by Gasteiger charge is 2.20. The van der Waals surface area contributed by atoms with E-state index < -0.39 is 0 Å². The molecule has 1 aromatic carbocycles. The van der Waals surface area contributed by atoms with Gasteiger partial charge >= 0.3 is 0 Å². The first-order valence-electron chi connectivity index (χ1n) is 10.3. The second kappa shape index (κ2) is 9.51. The van der Waals surface area contributed by atoms with Crippen LogP contribution in [0.25, 0.3) is 11.7 Å². The van der Waals surface area contributed by atoms with E-state index in [1.807, 2.05) is 26.8 Å². The number of hydrogen-bond donors (Lipinski definition) is 0. The van der Waals surface area contributed by atoms with E-state index in [1.165, 1.54) is 6.26 Å². The number of amides is 1. The molecular weight excluding hydrogens is 412 g/mol. The summed E-state index contributed by atoms with van der Waals surface area (Å²) in [5.74, 6) is 2.27. The van der Waals surface area contributed by atoms with Crippen molar-refractivity contribution in [3.63, 3.8) is 0 Å². The van der Waals surface area contributed by atoms with Crippen molar-refractivity contribution in [2.45, 2.75) is 40.3 Å². The van der Waals surface area contributed by atoms with E-state index in [2.05, 4.69) is 15.4 Å². The van der Waals surface area contributed by atoms with Gasteiger partial charge in [0.2, 0.25) is 5.89 Å². The van der Waals surface area contributed by atoms with Crippen molar-refractivity contribution in [2.75, 3.05) is 6.54 Å². The zero-order valence-corrected chi connectivity index (χ0v) is 18.2. The number of rotatable bonds is 9. The van der Waals surface area contributed by atoms with Gasteiger partial charge in [0, 0.05) is 12.1 Å². The molecule has 0 spiro atoms. The monoisotopic (exact) mass is 436 g/mol. The number of nitrogens with zero attached hydrogens (tertiary/aromatic N) is 4. The standard InChI is InChI=1S/C23H24N4O5/c1-4-10-27(13-21-24-25-22(31-21)20-9-6-11-29-20)23(28)17-7-5-8-18(12-17)30-14-19-15(2)26-32-16(19)3/h5-9,11-12H,4,10,13-14H2,1-3H3. The van der Waals surface area contributed by atoms with Crippen LogP contribution in [0.15, 0.2) is 56.0 Å². The third-order valence-electron chi connectivity index (χ3n) is 4.95. The molecule has 9 heteroatoms. The summed E-state index contributed by atoms with van der Waals surface area (Å²) in [6.07, 6.45) is 2.32. The lowest BCUT2D eigenvalue weighted by molar-refractivity contribution is 0.0728. The molecule has 0 aliphatic heterocycles. The fraction of sp³-hybridized carbons (Fsp3) is 0.304. The lowest BCUT2D eigenvalue weighted by Crippen LogP contribution is -2.31. The molecular formula is C23H24N4O5. The van der Waals surface area contributed by atoms with Crippen LogP contribution >= 0.6 is 0 Å². The maximum atomic E-state index is 13.2. The summed E-state index contributed by atoms with van der Waals surface area (Å²) in [7, 11) is 0. The number of furan rings is 1. The minimum Gasteiger partial charge on any atom is -0.489 e. The molecule has 0 radical (unpaired) electrons. The molecule has 9 nitrogen and oxygen atoms in total. The molecule has 4 aromatic rings. The molecule has 0 saturated carbocycles. The van der Waals surface area contributed by atoms with Crippen LogP contribution in [0, 0.1) is 13.8 Å². The maximum Gasteiger partial charge on any atom is 0.283 e. The van der Waals surface area contributed by atoms with Gasteiger partial charge in [-0.05, 0) is 50.6 Å². The molecule has 0 bridgehead atoms. The van der Waals surface area contributed by atoms with Gasteiger partial charge in [0.1, 0.15) is 18.1 Å². The first-order valence-corrected chi connectivity index (χ1v) is 10.3. The zero-order chi connectivity index (χ0) is 22.5. The number of carbonyl (C=O) groups excluding carboxylic acids is 1. The Kier molecular flexibility index (Phi) is 6.34. The molecule has 4 rings (SSSR count). The fourth-order valence-corrected chi connectivity index (χ4v) is 3.27. The summed E-state index contributed by atoms with van der Waals surface area (Å²) in [5, 5.41) is 12.0. The Morgan fingerprint density at radius 2 is 2.03 bits per heavy atom. The normalized spacial score (nSPS) is 11.0. The molecule has 0 aliphatic carbocycles. The zero-order valence-electron chi connectivity index (χ0n) is 18.2. The quantitative estimate of drug-likeness (QED) is 0.376. The summed E-state index contributed by atoms with van der Waals surface area (Å²) >= 11 is 0. The molecule has 0 N–H and O–H groups in total. The van der Waals surface area contributed by atoms with E-state index in [-0.39, 0.29) is 18.3 Å². The van der Waals surface area contributed by atoms with Crippen molar-refractivity contribution in [2.24, 2.45) is 0 Å². The van der Waals surface area contributed by atoms with E-state index in [1.54, 1.807) is 35.2 Å². The Hall–Kier alpha value is -3.88. The third kappa shape index (κ3) is 4.72. The molecule has 0 aliphatic rings. The predicted molar refractivity (Wildman–Crippen MR) is 114 cm³/mol. The molecule has 3 heterocycles. The molecule has 1 amide bonds. The van der Waals surface area contributed by atoms with Gasteiger partial charge in [-0.1, -0.05) is 18.1 Å². The Balaban J connectivity index is 1.46. The largest absolute Gasteiger partial charge is 0.489 e. The van der Waals surface area contributed by atoms with E-state index >= 15 is 0 Å². The molecule has 166 valence electrons. The van der Waals surface area contributed by atoms with Crippen LogP contribution in [0.5, 0.6) is 5.75 Å². The van der Waals surface area contributed by atoms with Crippen LogP contribution in [-0.4, -0.2) is 32.7 Å². The van der Waals surface area contributed by atoms with E-state index in [0.29, 0.717) is 36.1 Å². The number of carbonyl (C=O) groups is 1. The minimum absolute atomic E-state index is 0.146. The fourth-order valence-electron chi connectivity index (χ4n) is 3.27. The highest BCUT2D eigenvalue weighted by atomic mass is 16.5. The average molecular weight is 436 g/mol. The van der Waals surface area contributed by atoms with Crippen molar-refractivity contribution in [1.29, 1.82) is 0 Å². The smallest absolute Gasteiger partial charge is 0.283 e. The molecule has 0 atom stereocenters. The Morgan fingerprint density at radius 3 is 2.75 bits per heavy atom. The van der Waals surface area contributed by atoms with Crippen molar-refractivity contribution >= 4 is 5.91 Å². The first kappa shape index (κ1) is 21.4. The number of aryl methyl sites for hydroxylation is 2. The summed E-state index contributed by atoms with van der Waals surface area (Å²) in [4.78, 5) is 14.9. The number of aromatic nitrogens is 3. The van der Waals surface area contributed by atoms with Crippen molar-refractivity contribution in [3.8, 4) is 17.4 Å². The van der Waals surface area contributed by atoms with Gasteiger partial charge in [0.15, 0.2) is 5.76 Å². The highest BCUT2D eigenvalue weighted by molar-refractivity contribution is 5.94. The Bertz CT molecular complexity index is 1160. The van der Waals surface area contributed by atoms with Gasteiger partial charge in [-0.15, -0.1) is 10.2 Å². The molecule has 0 fully saturated rings. The van der Waals surface area contributed by atoms with Crippen LogP contribution in [-0.2, 0) is 13.2 Å².